The van der Waals surface area contributed by atoms with E-state index in [-0.39, 0.29) is 17.7 Å². The number of benzene rings is 2. The number of alkyl halides is 3. The molecule has 1 aliphatic rings. The molecule has 5 nitrogen and oxygen atoms in total. The number of hydrogen-bond acceptors (Lipinski definition) is 3. The van der Waals surface area contributed by atoms with Gasteiger partial charge < -0.3 is 9.74 Å². The first kappa shape index (κ1) is 31.2. The Morgan fingerprint density at radius 3 is 2.39 bits per heavy atom. The molecule has 222 valence electrons. The van der Waals surface area contributed by atoms with Crippen LogP contribution in [0.4, 0.5) is 17.6 Å². The van der Waals surface area contributed by atoms with Gasteiger partial charge >= 0.3 is 6.18 Å². The number of aromatic nitrogens is 2. The standard InChI is InChI=1S/C30H36ClF4N3O2Si/c1-19(20-10-11-24(25(32)14-20)29(12-13-29)40-41(5,6)18-28(2,3)4)27(39)36-17-23-16-26(30(33,34)35)37-38(23)22-9-7-8-21(31)15-22/h7-11,14-16,19H,12-13,17-18H2,1-6H3,(H,36,39). The summed E-state index contributed by atoms with van der Waals surface area (Å²) in [6.07, 6.45) is -3.16. The average Bonchev–Trinajstić information content (AvgIpc) is 3.45. The summed E-state index contributed by atoms with van der Waals surface area (Å²) in [5, 5.41) is 6.70. The lowest BCUT2D eigenvalue weighted by molar-refractivity contribution is -0.141. The Balaban J connectivity index is 1.48. The van der Waals surface area contributed by atoms with E-state index in [9.17, 15) is 18.0 Å². The summed E-state index contributed by atoms with van der Waals surface area (Å²) in [5.74, 6) is -1.62. The van der Waals surface area contributed by atoms with Gasteiger partial charge in [0, 0.05) is 10.6 Å². The molecule has 3 aromatic rings. The van der Waals surface area contributed by atoms with E-state index in [0.717, 1.165) is 29.6 Å². The highest BCUT2D eigenvalue weighted by Crippen LogP contribution is 2.53. The van der Waals surface area contributed by atoms with Gasteiger partial charge in [-0.25, -0.2) is 9.07 Å². The van der Waals surface area contributed by atoms with Crippen molar-refractivity contribution in [1.29, 1.82) is 0 Å². The van der Waals surface area contributed by atoms with Crippen molar-refractivity contribution in [3.8, 4) is 5.69 Å². The smallest absolute Gasteiger partial charge is 0.408 e. The van der Waals surface area contributed by atoms with E-state index >= 15 is 4.39 Å². The molecule has 0 radical (unpaired) electrons. The summed E-state index contributed by atoms with van der Waals surface area (Å²) in [6, 6.07) is 12.9. The lowest BCUT2D eigenvalue weighted by Gasteiger charge is -2.35. The molecule has 1 heterocycles. The molecule has 11 heteroatoms. The van der Waals surface area contributed by atoms with Gasteiger partial charge in [-0.1, -0.05) is 50.6 Å². The lowest BCUT2D eigenvalue weighted by atomic mass is 9.96. The Bertz CT molecular complexity index is 1430. The van der Waals surface area contributed by atoms with E-state index in [1.54, 1.807) is 37.3 Å². The number of nitrogens with zero attached hydrogens (tertiary/aromatic N) is 2. The minimum Gasteiger partial charge on any atom is -0.408 e. The summed E-state index contributed by atoms with van der Waals surface area (Å²) < 4.78 is 63.4. The molecule has 1 unspecified atom stereocenters. The van der Waals surface area contributed by atoms with Crippen LogP contribution in [0, 0.1) is 11.2 Å². The Labute approximate surface area is 244 Å². The van der Waals surface area contributed by atoms with Gasteiger partial charge in [-0.3, -0.25) is 4.79 Å². The Hall–Kier alpha value is -2.69. The average molecular weight is 610 g/mol. The minimum absolute atomic E-state index is 0.108. The van der Waals surface area contributed by atoms with Gasteiger partial charge in [0.25, 0.3) is 0 Å². The fraction of sp³-hybridized carbons (Fsp3) is 0.467. The molecule has 4 rings (SSSR count). The van der Waals surface area contributed by atoms with Crippen LogP contribution in [0.15, 0.2) is 48.5 Å². The molecule has 1 aliphatic carbocycles. The zero-order valence-corrected chi connectivity index (χ0v) is 25.9. The van der Waals surface area contributed by atoms with Crippen LogP contribution < -0.4 is 5.32 Å². The molecule has 1 fully saturated rings. The summed E-state index contributed by atoms with van der Waals surface area (Å²) >= 11 is 6.02. The highest BCUT2D eigenvalue weighted by atomic mass is 35.5. The number of hydrogen-bond donors (Lipinski definition) is 1. The lowest BCUT2D eigenvalue weighted by Crippen LogP contribution is -2.39. The van der Waals surface area contributed by atoms with E-state index < -0.39 is 43.4 Å². The van der Waals surface area contributed by atoms with Crippen LogP contribution in [0.3, 0.4) is 0 Å². The van der Waals surface area contributed by atoms with Crippen molar-refractivity contribution in [1.82, 2.24) is 15.1 Å². The quantitative estimate of drug-likeness (QED) is 0.196. The summed E-state index contributed by atoms with van der Waals surface area (Å²) in [7, 11) is -2.07. The maximum atomic E-state index is 15.4. The Morgan fingerprint density at radius 2 is 1.83 bits per heavy atom. The van der Waals surface area contributed by atoms with Gasteiger partial charge in [-0.15, -0.1) is 0 Å². The SMILES string of the molecule is CC(C(=O)NCc1cc(C(F)(F)F)nn1-c1cccc(Cl)c1)c1ccc(C2(O[Si](C)(C)CC(C)(C)C)CC2)c(F)c1. The van der Waals surface area contributed by atoms with Crippen LogP contribution in [0.25, 0.3) is 5.69 Å². The number of rotatable bonds is 9. The van der Waals surface area contributed by atoms with E-state index in [1.807, 2.05) is 0 Å². The number of halogens is 5. The zero-order valence-electron chi connectivity index (χ0n) is 24.1. The van der Waals surface area contributed by atoms with Gasteiger partial charge in [0.05, 0.1) is 29.4 Å². The van der Waals surface area contributed by atoms with E-state index in [1.165, 1.54) is 12.1 Å². The Morgan fingerprint density at radius 1 is 1.15 bits per heavy atom. The summed E-state index contributed by atoms with van der Waals surface area (Å²) in [6.45, 7) is 12.2. The third-order valence-electron chi connectivity index (χ3n) is 7.08. The second-order valence-corrected chi connectivity index (χ2v) is 17.2. The summed E-state index contributed by atoms with van der Waals surface area (Å²) in [4.78, 5) is 13.0. The van der Waals surface area contributed by atoms with E-state index in [0.29, 0.717) is 21.8 Å². The highest BCUT2D eigenvalue weighted by molar-refractivity contribution is 6.71. The monoisotopic (exact) mass is 609 g/mol. The van der Waals surface area contributed by atoms with Crippen molar-refractivity contribution in [3.63, 3.8) is 0 Å². The molecule has 1 amide bonds. The van der Waals surface area contributed by atoms with Gasteiger partial charge in [0.15, 0.2) is 14.0 Å². The first-order chi connectivity index (χ1) is 18.9. The maximum Gasteiger partial charge on any atom is 0.435 e. The van der Waals surface area contributed by atoms with Crippen LogP contribution in [0.1, 0.15) is 69.0 Å². The van der Waals surface area contributed by atoms with E-state index in [2.05, 4.69) is 44.3 Å². The molecule has 0 saturated heterocycles. The number of carbonyl (C=O) groups is 1. The third kappa shape index (κ3) is 7.58. The number of carbonyl (C=O) groups excluding carboxylic acids is 1. The first-order valence-electron chi connectivity index (χ1n) is 13.6. The van der Waals surface area contributed by atoms with Crippen molar-refractivity contribution in [2.24, 2.45) is 5.41 Å². The fourth-order valence-corrected chi connectivity index (χ4v) is 9.73. The summed E-state index contributed by atoms with van der Waals surface area (Å²) in [5.41, 5.74) is -0.179. The van der Waals surface area contributed by atoms with E-state index in [4.69, 9.17) is 16.0 Å². The molecule has 0 spiro atoms. The molecule has 0 aliphatic heterocycles. The van der Waals surface area contributed by atoms with Crippen LogP contribution >= 0.6 is 11.6 Å². The second-order valence-electron chi connectivity index (χ2n) is 12.7. The predicted molar refractivity (Wildman–Crippen MR) is 154 cm³/mol. The number of nitrogens with one attached hydrogen (secondary N) is 1. The molecule has 1 aromatic heterocycles. The van der Waals surface area contributed by atoms with Crippen LogP contribution in [0.5, 0.6) is 0 Å². The number of amides is 1. The predicted octanol–water partition coefficient (Wildman–Crippen LogP) is 8.36. The van der Waals surface area contributed by atoms with Crippen molar-refractivity contribution in [2.75, 3.05) is 0 Å². The topological polar surface area (TPSA) is 56.2 Å². The van der Waals surface area contributed by atoms with Crippen LogP contribution in [-0.4, -0.2) is 24.0 Å². The van der Waals surface area contributed by atoms with Crippen molar-refractivity contribution >= 4 is 25.8 Å². The maximum absolute atomic E-state index is 15.4. The molecule has 2 aromatic carbocycles. The van der Waals surface area contributed by atoms with Crippen molar-refractivity contribution < 1.29 is 26.8 Å². The Kier molecular flexibility index (Phi) is 8.52. The van der Waals surface area contributed by atoms with Gasteiger partial charge in [-0.2, -0.15) is 18.3 Å². The largest absolute Gasteiger partial charge is 0.435 e. The molecule has 1 atom stereocenters. The highest BCUT2D eigenvalue weighted by Gasteiger charge is 2.51. The molecular weight excluding hydrogens is 574 g/mol. The molecular formula is C30H36ClF4N3O2Si. The van der Waals surface area contributed by atoms with Crippen LogP contribution in [-0.2, 0) is 27.5 Å². The molecule has 0 bridgehead atoms. The van der Waals surface area contributed by atoms with Gasteiger partial charge in [-0.05, 0) is 80.2 Å². The van der Waals surface area contributed by atoms with Gasteiger partial charge in [0.1, 0.15) is 5.82 Å². The second kappa shape index (κ2) is 11.2. The normalized spacial score (nSPS) is 16.0. The van der Waals surface area contributed by atoms with Crippen molar-refractivity contribution in [3.05, 3.63) is 81.9 Å². The molecule has 41 heavy (non-hydrogen) atoms. The fourth-order valence-electron chi connectivity index (χ4n) is 5.55. The molecule has 1 N–H and O–H groups in total. The third-order valence-corrected chi connectivity index (χ3v) is 10.2. The van der Waals surface area contributed by atoms with Crippen LogP contribution in [0.2, 0.25) is 24.2 Å². The molecule has 1 saturated carbocycles. The van der Waals surface area contributed by atoms with Gasteiger partial charge in [0.2, 0.25) is 5.91 Å². The van der Waals surface area contributed by atoms with Crippen molar-refractivity contribution in [2.45, 2.75) is 83.9 Å². The minimum atomic E-state index is -4.66. The zero-order chi connectivity index (χ0) is 30.4. The first-order valence-corrected chi connectivity index (χ1v) is 17.1.